The summed E-state index contributed by atoms with van der Waals surface area (Å²) in [6.45, 7) is 1.92. The third-order valence-corrected chi connectivity index (χ3v) is 4.73. The molecule has 0 saturated carbocycles. The van der Waals surface area contributed by atoms with Crippen LogP contribution in [0.2, 0.25) is 0 Å². The predicted molar refractivity (Wildman–Crippen MR) is 115 cm³/mol. The second-order valence-corrected chi connectivity index (χ2v) is 7.06. The zero-order valence-electron chi connectivity index (χ0n) is 16.8. The summed E-state index contributed by atoms with van der Waals surface area (Å²) >= 11 is 0. The molecule has 0 saturated heterocycles. The van der Waals surface area contributed by atoms with Gasteiger partial charge in [-0.3, -0.25) is 4.79 Å². The van der Waals surface area contributed by atoms with Gasteiger partial charge < -0.3 is 15.8 Å². The molecular formula is C23H17F3N4O2. The van der Waals surface area contributed by atoms with E-state index in [4.69, 9.17) is 5.73 Å². The summed E-state index contributed by atoms with van der Waals surface area (Å²) in [6, 6.07) is 15.9. The Kier molecular flexibility index (Phi) is 5.40. The van der Waals surface area contributed by atoms with Gasteiger partial charge in [0.15, 0.2) is 0 Å². The zero-order chi connectivity index (χ0) is 22.9. The number of aromatic nitrogens is 2. The van der Waals surface area contributed by atoms with Crippen LogP contribution in [0.1, 0.15) is 15.9 Å². The molecule has 0 aliphatic rings. The first-order chi connectivity index (χ1) is 15.2. The standard InChI is InChI=1S/C23H17F3N4O2/c1-13-5-6-15(21(31)29-17-3-2-4-18(11-17)32-23(24,25)26)10-19(13)14-7-8-20-16(9-14)12-28-22(27)30-20/h2-12H,1H3,(H,29,31)(H2,27,28,30). The number of hydrogen-bond donors (Lipinski definition) is 2. The van der Waals surface area contributed by atoms with Gasteiger partial charge in [0, 0.05) is 28.9 Å². The van der Waals surface area contributed by atoms with E-state index in [9.17, 15) is 18.0 Å². The number of ether oxygens (including phenoxy) is 1. The Labute approximate surface area is 180 Å². The molecule has 4 aromatic rings. The van der Waals surface area contributed by atoms with Crippen molar-refractivity contribution in [2.45, 2.75) is 13.3 Å². The highest BCUT2D eigenvalue weighted by atomic mass is 19.4. The van der Waals surface area contributed by atoms with Gasteiger partial charge in [-0.15, -0.1) is 13.2 Å². The van der Waals surface area contributed by atoms with Gasteiger partial charge in [-0.1, -0.05) is 18.2 Å². The lowest BCUT2D eigenvalue weighted by Crippen LogP contribution is -2.17. The van der Waals surface area contributed by atoms with Crippen LogP contribution in [-0.2, 0) is 0 Å². The molecule has 0 atom stereocenters. The first kappa shape index (κ1) is 21.1. The Morgan fingerprint density at radius 1 is 1.06 bits per heavy atom. The van der Waals surface area contributed by atoms with Crippen molar-refractivity contribution < 1.29 is 22.7 Å². The van der Waals surface area contributed by atoms with Crippen molar-refractivity contribution >= 4 is 28.4 Å². The summed E-state index contributed by atoms with van der Waals surface area (Å²) < 4.78 is 41.2. The number of nitrogens with one attached hydrogen (secondary N) is 1. The molecule has 9 heteroatoms. The van der Waals surface area contributed by atoms with Gasteiger partial charge in [-0.25, -0.2) is 9.97 Å². The highest BCUT2D eigenvalue weighted by Crippen LogP contribution is 2.29. The summed E-state index contributed by atoms with van der Waals surface area (Å²) in [5, 5.41) is 3.40. The van der Waals surface area contributed by atoms with Crippen LogP contribution >= 0.6 is 0 Å². The van der Waals surface area contributed by atoms with Gasteiger partial charge in [-0.2, -0.15) is 0 Å². The summed E-state index contributed by atoms with van der Waals surface area (Å²) in [5.41, 5.74) is 9.48. The van der Waals surface area contributed by atoms with Crippen LogP contribution < -0.4 is 15.8 Å². The quantitative estimate of drug-likeness (QED) is 0.449. The molecule has 0 fully saturated rings. The molecule has 3 N–H and O–H groups in total. The molecule has 6 nitrogen and oxygen atoms in total. The van der Waals surface area contributed by atoms with Gasteiger partial charge in [0.25, 0.3) is 5.91 Å². The van der Waals surface area contributed by atoms with E-state index in [-0.39, 0.29) is 11.6 Å². The van der Waals surface area contributed by atoms with E-state index in [1.54, 1.807) is 24.4 Å². The van der Waals surface area contributed by atoms with Crippen molar-refractivity contribution in [2.75, 3.05) is 11.1 Å². The number of rotatable bonds is 4. The Hall–Kier alpha value is -4.14. The second-order valence-electron chi connectivity index (χ2n) is 7.06. The first-order valence-electron chi connectivity index (χ1n) is 9.48. The smallest absolute Gasteiger partial charge is 0.406 e. The number of nitrogen functional groups attached to an aromatic ring is 1. The Morgan fingerprint density at radius 2 is 1.88 bits per heavy atom. The maximum absolute atomic E-state index is 12.7. The number of nitrogens with two attached hydrogens (primary N) is 1. The Bertz CT molecular complexity index is 1320. The molecule has 0 aliphatic heterocycles. The number of carbonyl (C=O) groups is 1. The minimum Gasteiger partial charge on any atom is -0.406 e. The lowest BCUT2D eigenvalue weighted by Gasteiger charge is -2.12. The van der Waals surface area contributed by atoms with E-state index in [0.717, 1.165) is 34.2 Å². The van der Waals surface area contributed by atoms with Crippen LogP contribution in [0.4, 0.5) is 24.8 Å². The maximum Gasteiger partial charge on any atom is 0.573 e. The average molecular weight is 438 g/mol. The Morgan fingerprint density at radius 3 is 2.66 bits per heavy atom. The van der Waals surface area contributed by atoms with E-state index in [0.29, 0.717) is 11.1 Å². The molecule has 0 radical (unpaired) electrons. The van der Waals surface area contributed by atoms with Crippen molar-refractivity contribution in [2.24, 2.45) is 0 Å². The van der Waals surface area contributed by atoms with Gasteiger partial charge in [0.2, 0.25) is 5.95 Å². The molecule has 0 spiro atoms. The minimum absolute atomic E-state index is 0.180. The lowest BCUT2D eigenvalue weighted by atomic mass is 9.97. The van der Waals surface area contributed by atoms with Crippen molar-refractivity contribution in [3.05, 3.63) is 78.0 Å². The molecule has 1 aromatic heterocycles. The highest BCUT2D eigenvalue weighted by Gasteiger charge is 2.31. The molecule has 32 heavy (non-hydrogen) atoms. The molecule has 0 bridgehead atoms. The lowest BCUT2D eigenvalue weighted by molar-refractivity contribution is -0.274. The van der Waals surface area contributed by atoms with E-state index in [1.807, 2.05) is 25.1 Å². The van der Waals surface area contributed by atoms with E-state index in [2.05, 4.69) is 20.0 Å². The Balaban J connectivity index is 1.61. The number of nitrogens with zero attached hydrogens (tertiary/aromatic N) is 2. The number of hydrogen-bond acceptors (Lipinski definition) is 5. The van der Waals surface area contributed by atoms with E-state index < -0.39 is 18.0 Å². The van der Waals surface area contributed by atoms with Gasteiger partial charge in [-0.05, 0) is 60.0 Å². The van der Waals surface area contributed by atoms with Gasteiger partial charge in [0.05, 0.1) is 5.52 Å². The highest BCUT2D eigenvalue weighted by molar-refractivity contribution is 6.05. The number of anilines is 2. The van der Waals surface area contributed by atoms with Crippen molar-refractivity contribution in [3.8, 4) is 16.9 Å². The molecule has 1 amide bonds. The fraction of sp³-hybridized carbons (Fsp3) is 0.0870. The topological polar surface area (TPSA) is 90.1 Å². The molecule has 4 rings (SSSR count). The first-order valence-corrected chi connectivity index (χ1v) is 9.48. The SMILES string of the molecule is Cc1ccc(C(=O)Nc2cccc(OC(F)(F)F)c2)cc1-c1ccc2nc(N)ncc2c1. The third-order valence-electron chi connectivity index (χ3n) is 4.73. The fourth-order valence-electron chi connectivity index (χ4n) is 3.26. The number of amides is 1. The van der Waals surface area contributed by atoms with E-state index >= 15 is 0 Å². The summed E-state index contributed by atoms with van der Waals surface area (Å²) in [6.07, 6.45) is -3.19. The minimum atomic E-state index is -4.81. The average Bonchev–Trinajstić information content (AvgIpc) is 2.72. The van der Waals surface area contributed by atoms with Crippen LogP contribution in [0.5, 0.6) is 5.75 Å². The maximum atomic E-state index is 12.7. The molecule has 1 heterocycles. The number of aryl methyl sites for hydroxylation is 1. The molecule has 0 unspecified atom stereocenters. The number of fused-ring (bicyclic) bond motifs is 1. The van der Waals surface area contributed by atoms with Crippen LogP contribution in [0.25, 0.3) is 22.0 Å². The zero-order valence-corrected chi connectivity index (χ0v) is 16.8. The van der Waals surface area contributed by atoms with Gasteiger partial charge >= 0.3 is 6.36 Å². The molecule has 3 aromatic carbocycles. The van der Waals surface area contributed by atoms with Crippen LogP contribution in [0.3, 0.4) is 0 Å². The van der Waals surface area contributed by atoms with Crippen molar-refractivity contribution in [1.82, 2.24) is 9.97 Å². The van der Waals surface area contributed by atoms with Gasteiger partial charge in [0.1, 0.15) is 5.75 Å². The summed E-state index contributed by atoms with van der Waals surface area (Å²) in [5.74, 6) is -0.698. The normalized spacial score (nSPS) is 11.4. The van der Waals surface area contributed by atoms with Crippen LogP contribution in [-0.4, -0.2) is 22.2 Å². The summed E-state index contributed by atoms with van der Waals surface area (Å²) in [4.78, 5) is 20.9. The number of halogens is 3. The number of alkyl halides is 3. The summed E-state index contributed by atoms with van der Waals surface area (Å²) in [7, 11) is 0. The second kappa shape index (κ2) is 8.18. The number of carbonyl (C=O) groups excluding carboxylic acids is 1. The third kappa shape index (κ3) is 4.77. The fourth-order valence-corrected chi connectivity index (χ4v) is 3.26. The van der Waals surface area contributed by atoms with Crippen LogP contribution in [0.15, 0.2) is 66.9 Å². The van der Waals surface area contributed by atoms with Crippen LogP contribution in [0, 0.1) is 6.92 Å². The van der Waals surface area contributed by atoms with E-state index in [1.165, 1.54) is 12.1 Å². The van der Waals surface area contributed by atoms with Crippen molar-refractivity contribution in [1.29, 1.82) is 0 Å². The predicted octanol–water partition coefficient (Wildman–Crippen LogP) is 5.34. The number of benzene rings is 3. The molecule has 162 valence electrons. The molecular weight excluding hydrogens is 421 g/mol. The largest absolute Gasteiger partial charge is 0.573 e. The monoisotopic (exact) mass is 438 g/mol. The molecule has 0 aliphatic carbocycles. The van der Waals surface area contributed by atoms with Crippen molar-refractivity contribution in [3.63, 3.8) is 0 Å².